The molecule has 0 fully saturated rings. The van der Waals surface area contributed by atoms with Crippen LogP contribution in [0.4, 0.5) is 5.69 Å². The minimum Gasteiger partial charge on any atom is -0.480 e. The number of ether oxygens (including phenoxy) is 3. The highest BCUT2D eigenvalue weighted by Gasteiger charge is 2.14. The van der Waals surface area contributed by atoms with Gasteiger partial charge in [0.1, 0.15) is 17.4 Å². The summed E-state index contributed by atoms with van der Waals surface area (Å²) in [5.41, 5.74) is 1.29. The van der Waals surface area contributed by atoms with Gasteiger partial charge in [0, 0.05) is 5.69 Å². The van der Waals surface area contributed by atoms with E-state index < -0.39 is 17.8 Å². The zero-order chi connectivity index (χ0) is 23.7. The first-order chi connectivity index (χ1) is 15.3. The summed E-state index contributed by atoms with van der Waals surface area (Å²) in [6.07, 6.45) is 1.46. The van der Waals surface area contributed by atoms with Crippen molar-refractivity contribution in [2.45, 2.75) is 6.92 Å². The molecular formula is C22H18I2N2O6. The molecule has 1 amide bonds. The number of methoxy groups -OCH3 is 1. The van der Waals surface area contributed by atoms with Crippen molar-refractivity contribution in [3.63, 3.8) is 0 Å². The molecule has 0 atom stereocenters. The largest absolute Gasteiger partial charge is 0.480 e. The molecule has 0 aliphatic carbocycles. The summed E-state index contributed by atoms with van der Waals surface area (Å²) < 4.78 is 16.4. The second-order valence-electron chi connectivity index (χ2n) is 6.10. The summed E-state index contributed by atoms with van der Waals surface area (Å²) in [7, 11) is 1.28. The lowest BCUT2D eigenvalue weighted by Crippen LogP contribution is -2.15. The van der Waals surface area contributed by atoms with Gasteiger partial charge < -0.3 is 19.5 Å². The van der Waals surface area contributed by atoms with E-state index in [1.165, 1.54) is 25.3 Å². The molecule has 0 unspecified atom stereocenters. The van der Waals surface area contributed by atoms with Crippen LogP contribution in [-0.2, 0) is 19.1 Å². The summed E-state index contributed by atoms with van der Waals surface area (Å²) in [6.45, 7) is 1.77. The van der Waals surface area contributed by atoms with Crippen molar-refractivity contribution in [3.8, 4) is 11.8 Å². The predicted octanol–water partition coefficient (Wildman–Crippen LogP) is 4.17. The Hall–Kier alpha value is -2.66. The average molecular weight is 660 g/mol. The zero-order valence-corrected chi connectivity index (χ0v) is 21.4. The minimum atomic E-state index is -0.592. The molecule has 2 rings (SSSR count). The van der Waals surface area contributed by atoms with E-state index in [1.54, 1.807) is 31.2 Å². The quantitative estimate of drug-likeness (QED) is 0.196. The Morgan fingerprint density at radius 2 is 1.75 bits per heavy atom. The van der Waals surface area contributed by atoms with Crippen molar-refractivity contribution in [2.75, 3.05) is 25.6 Å². The van der Waals surface area contributed by atoms with Crippen LogP contribution in [0.15, 0.2) is 42.0 Å². The van der Waals surface area contributed by atoms with Crippen LogP contribution in [0.1, 0.15) is 22.8 Å². The number of amides is 1. The van der Waals surface area contributed by atoms with Gasteiger partial charge in [-0.2, -0.15) is 5.26 Å². The van der Waals surface area contributed by atoms with Gasteiger partial charge in [0.25, 0.3) is 5.91 Å². The number of rotatable bonds is 8. The Kier molecular flexibility index (Phi) is 9.92. The smallest absolute Gasteiger partial charge is 0.344 e. The first-order valence-corrected chi connectivity index (χ1v) is 11.3. The number of benzene rings is 2. The van der Waals surface area contributed by atoms with Crippen molar-refractivity contribution in [3.05, 3.63) is 60.2 Å². The number of nitriles is 1. The third-order valence-corrected chi connectivity index (χ3v) is 5.50. The Balaban J connectivity index is 2.16. The second kappa shape index (κ2) is 12.4. The molecular weight excluding hydrogens is 642 g/mol. The third-order valence-electron chi connectivity index (χ3n) is 3.90. The molecule has 8 nitrogen and oxygen atoms in total. The van der Waals surface area contributed by atoms with E-state index in [9.17, 15) is 19.6 Å². The first kappa shape index (κ1) is 25.6. The molecule has 2 aromatic carbocycles. The van der Waals surface area contributed by atoms with Gasteiger partial charge >= 0.3 is 11.9 Å². The van der Waals surface area contributed by atoms with Gasteiger partial charge in [-0.1, -0.05) is 0 Å². The maximum absolute atomic E-state index is 12.5. The molecule has 2 aromatic rings. The molecule has 0 aliphatic rings. The van der Waals surface area contributed by atoms with Crippen molar-refractivity contribution in [1.29, 1.82) is 5.26 Å². The summed E-state index contributed by atoms with van der Waals surface area (Å²) >= 11 is 4.11. The van der Waals surface area contributed by atoms with E-state index in [2.05, 4.69) is 55.2 Å². The molecule has 32 heavy (non-hydrogen) atoms. The number of esters is 2. The third kappa shape index (κ3) is 7.20. The summed E-state index contributed by atoms with van der Waals surface area (Å²) in [5.74, 6) is -1.03. The van der Waals surface area contributed by atoms with Gasteiger partial charge in [0.2, 0.25) is 0 Å². The van der Waals surface area contributed by atoms with E-state index in [-0.39, 0.29) is 18.8 Å². The van der Waals surface area contributed by atoms with Gasteiger partial charge in [-0.15, -0.1) is 0 Å². The van der Waals surface area contributed by atoms with Crippen LogP contribution in [0.5, 0.6) is 5.75 Å². The first-order valence-electron chi connectivity index (χ1n) is 9.18. The highest BCUT2D eigenvalue weighted by atomic mass is 127. The van der Waals surface area contributed by atoms with Crippen LogP contribution >= 0.6 is 45.2 Å². The van der Waals surface area contributed by atoms with E-state index in [4.69, 9.17) is 9.47 Å². The molecule has 166 valence electrons. The molecule has 0 bridgehead atoms. The molecule has 0 saturated carbocycles. The zero-order valence-electron chi connectivity index (χ0n) is 17.1. The molecule has 10 heteroatoms. The van der Waals surface area contributed by atoms with Crippen LogP contribution in [0.3, 0.4) is 0 Å². The SMILES string of the molecule is CCOC(=O)COc1c(I)cc(/C=C(\C#N)C(=O)Nc2ccc(C(=O)OC)cc2)cc1I. The number of hydrogen-bond donors (Lipinski definition) is 1. The van der Waals surface area contributed by atoms with Crippen LogP contribution in [0, 0.1) is 18.5 Å². The molecule has 0 aromatic heterocycles. The van der Waals surface area contributed by atoms with Crippen LogP contribution in [0.2, 0.25) is 0 Å². The van der Waals surface area contributed by atoms with E-state index in [0.717, 1.165) is 0 Å². The van der Waals surface area contributed by atoms with E-state index >= 15 is 0 Å². The summed E-state index contributed by atoms with van der Waals surface area (Å²) in [5, 5.41) is 12.1. The Morgan fingerprint density at radius 3 is 2.28 bits per heavy atom. The summed E-state index contributed by atoms with van der Waals surface area (Å²) in [6, 6.07) is 11.5. The highest BCUT2D eigenvalue weighted by Crippen LogP contribution is 2.30. The lowest BCUT2D eigenvalue weighted by Gasteiger charge is -2.11. The lowest BCUT2D eigenvalue weighted by molar-refractivity contribution is -0.145. The second-order valence-corrected chi connectivity index (χ2v) is 8.42. The number of halogens is 2. The number of anilines is 1. The van der Waals surface area contributed by atoms with Gasteiger partial charge in [-0.25, -0.2) is 9.59 Å². The number of nitrogens with zero attached hydrogens (tertiary/aromatic N) is 1. The van der Waals surface area contributed by atoms with Gasteiger partial charge in [0.15, 0.2) is 6.61 Å². The van der Waals surface area contributed by atoms with E-state index in [1.807, 2.05) is 6.07 Å². The monoisotopic (exact) mass is 660 g/mol. The highest BCUT2D eigenvalue weighted by molar-refractivity contribution is 14.1. The minimum absolute atomic E-state index is 0.103. The van der Waals surface area contributed by atoms with Crippen LogP contribution in [0.25, 0.3) is 6.08 Å². The fourth-order valence-corrected chi connectivity index (χ4v) is 4.58. The fourth-order valence-electron chi connectivity index (χ4n) is 2.46. The van der Waals surface area contributed by atoms with Crippen molar-refractivity contribution < 1.29 is 28.6 Å². The Bertz CT molecular complexity index is 1070. The Labute approximate surface area is 212 Å². The number of hydrogen-bond acceptors (Lipinski definition) is 7. The summed E-state index contributed by atoms with van der Waals surface area (Å²) in [4.78, 5) is 35.5. The van der Waals surface area contributed by atoms with E-state index in [0.29, 0.717) is 29.7 Å². The van der Waals surface area contributed by atoms with Crippen LogP contribution < -0.4 is 10.1 Å². The topological polar surface area (TPSA) is 115 Å². The molecule has 0 saturated heterocycles. The molecule has 0 heterocycles. The number of nitrogens with one attached hydrogen (secondary N) is 1. The molecule has 0 spiro atoms. The van der Waals surface area contributed by atoms with Crippen molar-refractivity contribution in [2.24, 2.45) is 0 Å². The fraction of sp³-hybridized carbons (Fsp3) is 0.182. The maximum atomic E-state index is 12.5. The van der Waals surface area contributed by atoms with Crippen LogP contribution in [-0.4, -0.2) is 38.2 Å². The van der Waals surface area contributed by atoms with Gasteiger partial charge in [-0.3, -0.25) is 4.79 Å². The van der Waals surface area contributed by atoms with Crippen molar-refractivity contribution in [1.82, 2.24) is 0 Å². The molecule has 0 aliphatic heterocycles. The molecule has 0 radical (unpaired) electrons. The molecule has 1 N–H and O–H groups in total. The Morgan fingerprint density at radius 1 is 1.12 bits per heavy atom. The van der Waals surface area contributed by atoms with Crippen molar-refractivity contribution >= 4 is 74.8 Å². The van der Waals surface area contributed by atoms with Gasteiger partial charge in [0.05, 0.1) is 26.4 Å². The normalized spacial score (nSPS) is 10.7. The van der Waals surface area contributed by atoms with Gasteiger partial charge in [-0.05, 0) is 100 Å². The number of carbonyl (C=O) groups is 3. The predicted molar refractivity (Wildman–Crippen MR) is 134 cm³/mol. The maximum Gasteiger partial charge on any atom is 0.344 e. The lowest BCUT2D eigenvalue weighted by atomic mass is 10.1. The average Bonchev–Trinajstić information content (AvgIpc) is 2.77. The number of carbonyl (C=O) groups excluding carboxylic acids is 3. The standard InChI is InChI=1S/C22H18I2N2O6/c1-3-31-19(27)12-32-20-17(23)9-13(10-18(20)24)8-15(11-25)21(28)26-16-6-4-14(5-7-16)22(29)30-2/h4-10H,3,12H2,1-2H3,(H,26,28)/b15-8+.